The van der Waals surface area contributed by atoms with E-state index in [0.717, 1.165) is 78.4 Å². The van der Waals surface area contributed by atoms with Crippen LogP contribution in [0.2, 0.25) is 0 Å². The zero-order chi connectivity index (χ0) is 38.5. The third kappa shape index (κ3) is 6.25. The topological polar surface area (TPSA) is 33.5 Å². The second kappa shape index (κ2) is 14.2. The number of hydrogen-bond acceptors (Lipinski definition) is 4. The van der Waals surface area contributed by atoms with Crippen molar-refractivity contribution in [3.63, 3.8) is 0 Å². The van der Waals surface area contributed by atoms with Crippen molar-refractivity contribution in [1.82, 2.24) is 9.55 Å². The molecular formula is C51H39FN4O. The van der Waals surface area contributed by atoms with Gasteiger partial charge in [-0.3, -0.25) is 4.57 Å². The maximum atomic E-state index is 14.0. The van der Waals surface area contributed by atoms with E-state index in [1.54, 1.807) is 0 Å². The first-order chi connectivity index (χ1) is 28.0. The minimum Gasteiger partial charge on any atom is -0.457 e. The van der Waals surface area contributed by atoms with E-state index in [0.29, 0.717) is 18.3 Å². The minimum absolute atomic E-state index is 0.256. The lowest BCUT2D eigenvalue weighted by atomic mass is 9.94. The van der Waals surface area contributed by atoms with Crippen molar-refractivity contribution < 1.29 is 9.13 Å². The quantitative estimate of drug-likeness (QED) is 0.155. The summed E-state index contributed by atoms with van der Waals surface area (Å²) in [5, 5.41) is 2.30. The van der Waals surface area contributed by atoms with Gasteiger partial charge in [-0.25, -0.2) is 9.37 Å². The first kappa shape index (κ1) is 34.3. The fraction of sp³-hybridized carbons (Fsp3) is 0.0784. The summed E-state index contributed by atoms with van der Waals surface area (Å²) in [7, 11) is 0. The number of aromatic nitrogens is 2. The highest BCUT2D eigenvalue weighted by Gasteiger charge is 2.29. The molecule has 2 aromatic heterocycles. The van der Waals surface area contributed by atoms with Gasteiger partial charge in [0.25, 0.3) is 0 Å². The van der Waals surface area contributed by atoms with Crippen LogP contribution in [0.3, 0.4) is 0 Å². The van der Waals surface area contributed by atoms with Gasteiger partial charge in [0, 0.05) is 40.5 Å². The molecule has 3 heterocycles. The van der Waals surface area contributed by atoms with E-state index in [9.17, 15) is 4.39 Å². The van der Waals surface area contributed by atoms with Gasteiger partial charge in [0.1, 0.15) is 29.8 Å². The predicted molar refractivity (Wildman–Crippen MR) is 232 cm³/mol. The zero-order valence-corrected chi connectivity index (χ0v) is 31.7. The van der Waals surface area contributed by atoms with Gasteiger partial charge in [-0.1, -0.05) is 98.8 Å². The second-order valence-electron chi connectivity index (χ2n) is 14.8. The lowest BCUT2D eigenvalue weighted by molar-refractivity contribution is 0.483. The largest absolute Gasteiger partial charge is 0.457 e. The average molecular weight is 743 g/mol. The molecule has 57 heavy (non-hydrogen) atoms. The highest BCUT2D eigenvalue weighted by Crippen LogP contribution is 2.47. The van der Waals surface area contributed by atoms with E-state index in [4.69, 9.17) is 9.72 Å². The Kier molecular flexibility index (Phi) is 8.52. The van der Waals surface area contributed by atoms with Crippen molar-refractivity contribution in [2.45, 2.75) is 19.8 Å². The second-order valence-corrected chi connectivity index (χ2v) is 14.8. The third-order valence-corrected chi connectivity index (χ3v) is 11.0. The van der Waals surface area contributed by atoms with Crippen molar-refractivity contribution in [2.24, 2.45) is 0 Å². The van der Waals surface area contributed by atoms with Gasteiger partial charge >= 0.3 is 0 Å². The SMILES string of the molecule is CC(C)c1ccnc(-n2c3ccccc3c3ccc(Oc4cc(-c5ccccc5-c5ccccc5)cc(N5CN(c6ccc(F)cc6)c6ccccc65)c4)cc32)c1. The lowest BCUT2D eigenvalue weighted by Gasteiger charge is -2.24. The predicted octanol–water partition coefficient (Wildman–Crippen LogP) is 13.8. The summed E-state index contributed by atoms with van der Waals surface area (Å²) in [5.41, 5.74) is 11.8. The molecule has 0 radical (unpaired) electrons. The highest BCUT2D eigenvalue weighted by molar-refractivity contribution is 6.09. The number of para-hydroxylation sites is 3. The molecule has 0 saturated heterocycles. The maximum Gasteiger partial charge on any atom is 0.137 e. The molecule has 0 bridgehead atoms. The van der Waals surface area contributed by atoms with Gasteiger partial charge < -0.3 is 14.5 Å². The number of halogens is 1. The summed E-state index contributed by atoms with van der Waals surface area (Å²) in [6.07, 6.45) is 1.90. The van der Waals surface area contributed by atoms with Gasteiger partial charge in [-0.15, -0.1) is 0 Å². The molecule has 7 aromatic carbocycles. The zero-order valence-electron chi connectivity index (χ0n) is 31.7. The summed E-state index contributed by atoms with van der Waals surface area (Å²) < 4.78 is 23.2. The average Bonchev–Trinajstić information content (AvgIpc) is 3.80. The van der Waals surface area contributed by atoms with Gasteiger partial charge in [-0.2, -0.15) is 0 Å². The summed E-state index contributed by atoms with van der Waals surface area (Å²) >= 11 is 0. The van der Waals surface area contributed by atoms with Crippen LogP contribution < -0.4 is 14.5 Å². The van der Waals surface area contributed by atoms with E-state index in [-0.39, 0.29) is 5.82 Å². The summed E-state index contributed by atoms with van der Waals surface area (Å²) in [5.74, 6) is 2.43. The fourth-order valence-electron chi connectivity index (χ4n) is 8.15. The van der Waals surface area contributed by atoms with E-state index in [1.807, 2.05) is 30.5 Å². The smallest absolute Gasteiger partial charge is 0.137 e. The summed E-state index contributed by atoms with van der Waals surface area (Å²) in [6, 6.07) is 59.7. The van der Waals surface area contributed by atoms with Crippen molar-refractivity contribution in [1.29, 1.82) is 0 Å². The van der Waals surface area contributed by atoms with E-state index in [1.165, 1.54) is 17.7 Å². The Labute approximate surface area is 331 Å². The van der Waals surface area contributed by atoms with Gasteiger partial charge in [-0.05, 0) is 113 Å². The van der Waals surface area contributed by atoms with Crippen LogP contribution in [-0.4, -0.2) is 16.2 Å². The number of pyridine rings is 1. The molecule has 0 N–H and O–H groups in total. The monoisotopic (exact) mass is 742 g/mol. The Bertz CT molecular complexity index is 2920. The lowest BCUT2D eigenvalue weighted by Crippen LogP contribution is -2.24. The van der Waals surface area contributed by atoms with Crippen LogP contribution in [0.4, 0.5) is 27.1 Å². The first-order valence-electron chi connectivity index (χ1n) is 19.4. The summed E-state index contributed by atoms with van der Waals surface area (Å²) in [4.78, 5) is 9.37. The van der Waals surface area contributed by atoms with Crippen molar-refractivity contribution in [3.8, 4) is 39.6 Å². The number of rotatable bonds is 8. The van der Waals surface area contributed by atoms with E-state index in [2.05, 4.69) is 168 Å². The Balaban J connectivity index is 1.12. The molecule has 0 atom stereocenters. The highest BCUT2D eigenvalue weighted by atomic mass is 19.1. The molecule has 5 nitrogen and oxygen atoms in total. The number of hydrogen-bond donors (Lipinski definition) is 0. The van der Waals surface area contributed by atoms with Crippen LogP contribution in [0, 0.1) is 5.82 Å². The number of fused-ring (bicyclic) bond motifs is 4. The van der Waals surface area contributed by atoms with Crippen molar-refractivity contribution in [2.75, 3.05) is 16.5 Å². The Morgan fingerprint density at radius 1 is 0.544 bits per heavy atom. The maximum absolute atomic E-state index is 14.0. The Hall–Kier alpha value is -7.18. The standard InChI is InChI=1S/C51H39FN4O/c1-34(2)36-26-27-53-51(30-36)56-47-17-9-8-16-45(47)46-25-24-41(32-50(46)56)57-42-29-37(44-15-7-6-14-43(44)35-12-4-3-5-13-35)28-40(31-42)55-33-54(39-22-20-38(52)21-23-39)48-18-10-11-19-49(48)55/h3-32,34H,33H2,1-2H3. The van der Waals surface area contributed by atoms with Crippen LogP contribution in [0.25, 0.3) is 49.9 Å². The molecule has 0 fully saturated rings. The molecule has 0 unspecified atom stereocenters. The molecule has 9 aromatic rings. The van der Waals surface area contributed by atoms with E-state index >= 15 is 0 Å². The molecule has 10 rings (SSSR count). The first-order valence-corrected chi connectivity index (χ1v) is 19.4. The van der Waals surface area contributed by atoms with Crippen LogP contribution in [0.15, 0.2) is 182 Å². The van der Waals surface area contributed by atoms with Crippen LogP contribution in [0.1, 0.15) is 25.3 Å². The molecule has 1 aliphatic heterocycles. The molecular weight excluding hydrogens is 704 g/mol. The molecule has 0 aliphatic carbocycles. The molecule has 0 spiro atoms. The van der Waals surface area contributed by atoms with Gasteiger partial charge in [0.2, 0.25) is 0 Å². The number of nitrogens with zero attached hydrogens (tertiary/aromatic N) is 4. The number of benzene rings is 7. The van der Waals surface area contributed by atoms with Gasteiger partial charge in [0.15, 0.2) is 0 Å². The van der Waals surface area contributed by atoms with Crippen LogP contribution in [-0.2, 0) is 0 Å². The molecule has 1 aliphatic rings. The van der Waals surface area contributed by atoms with E-state index < -0.39 is 0 Å². The Morgan fingerprint density at radius 2 is 1.21 bits per heavy atom. The minimum atomic E-state index is -0.256. The molecule has 6 heteroatoms. The normalized spacial score (nSPS) is 12.5. The summed E-state index contributed by atoms with van der Waals surface area (Å²) in [6.45, 7) is 4.96. The fourth-order valence-corrected chi connectivity index (χ4v) is 8.15. The van der Waals surface area contributed by atoms with Crippen LogP contribution in [0.5, 0.6) is 11.5 Å². The number of ether oxygens (including phenoxy) is 1. The molecule has 0 amide bonds. The van der Waals surface area contributed by atoms with Crippen LogP contribution >= 0.6 is 0 Å². The third-order valence-electron chi connectivity index (χ3n) is 11.0. The Morgan fingerprint density at radius 3 is 1.98 bits per heavy atom. The molecule has 276 valence electrons. The van der Waals surface area contributed by atoms with Crippen molar-refractivity contribution >= 4 is 44.6 Å². The number of anilines is 4. The molecule has 0 saturated carbocycles. The van der Waals surface area contributed by atoms with Gasteiger partial charge in [0.05, 0.1) is 22.4 Å². The van der Waals surface area contributed by atoms with Crippen molar-refractivity contribution in [3.05, 3.63) is 194 Å².